The van der Waals surface area contributed by atoms with E-state index in [0.29, 0.717) is 18.1 Å². The number of carbonyl (C=O) groups is 1. The molecule has 4 rings (SSSR count). The molecule has 3 aromatic heterocycles. The predicted octanol–water partition coefficient (Wildman–Crippen LogP) is 3.78. The molecule has 0 saturated heterocycles. The van der Waals surface area contributed by atoms with Crippen molar-refractivity contribution in [3.05, 3.63) is 51.4 Å². The SMILES string of the molecule is Cc1nc(CNC(=O)c2csc(-c3cccs3)n2)nc2c1CCCC2. The zero-order chi connectivity index (χ0) is 17.2. The first-order chi connectivity index (χ1) is 12.2. The molecule has 1 aliphatic carbocycles. The Morgan fingerprint density at radius 3 is 2.92 bits per heavy atom. The second kappa shape index (κ2) is 7.01. The van der Waals surface area contributed by atoms with Gasteiger partial charge in [-0.3, -0.25) is 4.79 Å². The number of carbonyl (C=O) groups excluding carboxylic acids is 1. The van der Waals surface area contributed by atoms with Gasteiger partial charge in [0.1, 0.15) is 16.5 Å². The van der Waals surface area contributed by atoms with Crippen LogP contribution in [-0.2, 0) is 19.4 Å². The van der Waals surface area contributed by atoms with Gasteiger partial charge in [-0.1, -0.05) is 6.07 Å². The van der Waals surface area contributed by atoms with Crippen molar-refractivity contribution >= 4 is 28.6 Å². The molecule has 0 aliphatic heterocycles. The Kier molecular flexibility index (Phi) is 4.59. The molecule has 0 fully saturated rings. The van der Waals surface area contributed by atoms with Crippen molar-refractivity contribution in [2.24, 2.45) is 0 Å². The van der Waals surface area contributed by atoms with Gasteiger partial charge in [0.25, 0.3) is 5.91 Å². The second-order valence-electron chi connectivity index (χ2n) is 6.06. The summed E-state index contributed by atoms with van der Waals surface area (Å²) in [4.78, 5) is 27.1. The first-order valence-electron chi connectivity index (χ1n) is 8.33. The van der Waals surface area contributed by atoms with E-state index in [-0.39, 0.29) is 5.91 Å². The molecule has 3 aromatic rings. The van der Waals surface area contributed by atoms with E-state index in [1.54, 1.807) is 16.7 Å². The van der Waals surface area contributed by atoms with E-state index >= 15 is 0 Å². The number of nitrogens with one attached hydrogen (secondary N) is 1. The van der Waals surface area contributed by atoms with Gasteiger partial charge in [0.05, 0.1) is 11.4 Å². The van der Waals surface area contributed by atoms with E-state index in [1.807, 2.05) is 24.4 Å². The van der Waals surface area contributed by atoms with Crippen molar-refractivity contribution in [3.8, 4) is 9.88 Å². The molecule has 0 bridgehead atoms. The summed E-state index contributed by atoms with van der Waals surface area (Å²) < 4.78 is 0. The number of hydrogen-bond acceptors (Lipinski definition) is 6. The number of nitrogens with zero attached hydrogens (tertiary/aromatic N) is 3. The lowest BCUT2D eigenvalue weighted by Crippen LogP contribution is -2.25. The van der Waals surface area contributed by atoms with Gasteiger partial charge >= 0.3 is 0 Å². The Hall–Kier alpha value is -2.12. The molecule has 3 heterocycles. The molecular formula is C18H18N4OS2. The summed E-state index contributed by atoms with van der Waals surface area (Å²) in [7, 11) is 0. The number of rotatable bonds is 4. The summed E-state index contributed by atoms with van der Waals surface area (Å²) in [6, 6.07) is 3.99. The van der Waals surface area contributed by atoms with Crippen molar-refractivity contribution in [1.29, 1.82) is 0 Å². The van der Waals surface area contributed by atoms with Gasteiger partial charge in [0.15, 0.2) is 0 Å². The quantitative estimate of drug-likeness (QED) is 0.759. The molecule has 0 radical (unpaired) electrons. The van der Waals surface area contributed by atoms with Crippen LogP contribution >= 0.6 is 22.7 Å². The Morgan fingerprint density at radius 2 is 2.08 bits per heavy atom. The highest BCUT2D eigenvalue weighted by molar-refractivity contribution is 7.20. The maximum absolute atomic E-state index is 12.4. The molecule has 0 aromatic carbocycles. The summed E-state index contributed by atoms with van der Waals surface area (Å²) in [5, 5.41) is 7.57. The molecule has 0 saturated carbocycles. The third kappa shape index (κ3) is 3.48. The van der Waals surface area contributed by atoms with Crippen LogP contribution in [0.4, 0.5) is 0 Å². The molecule has 1 N–H and O–H groups in total. The van der Waals surface area contributed by atoms with Crippen molar-refractivity contribution in [1.82, 2.24) is 20.3 Å². The molecule has 0 spiro atoms. The number of fused-ring (bicyclic) bond motifs is 1. The third-order valence-corrected chi connectivity index (χ3v) is 6.19. The van der Waals surface area contributed by atoms with Gasteiger partial charge < -0.3 is 5.32 Å². The maximum atomic E-state index is 12.4. The summed E-state index contributed by atoms with van der Waals surface area (Å²) >= 11 is 3.11. The van der Waals surface area contributed by atoms with Crippen molar-refractivity contribution in [2.75, 3.05) is 0 Å². The van der Waals surface area contributed by atoms with Crippen LogP contribution in [0.25, 0.3) is 9.88 Å². The second-order valence-corrected chi connectivity index (χ2v) is 7.86. The van der Waals surface area contributed by atoms with Crippen LogP contribution in [0.2, 0.25) is 0 Å². The van der Waals surface area contributed by atoms with Gasteiger partial charge in [-0.2, -0.15) is 0 Å². The molecule has 25 heavy (non-hydrogen) atoms. The Balaban J connectivity index is 1.45. The highest BCUT2D eigenvalue weighted by atomic mass is 32.1. The lowest BCUT2D eigenvalue weighted by Gasteiger charge is -2.17. The summed E-state index contributed by atoms with van der Waals surface area (Å²) in [6.45, 7) is 2.36. The van der Waals surface area contributed by atoms with E-state index < -0.39 is 0 Å². The molecule has 1 amide bonds. The Morgan fingerprint density at radius 1 is 1.20 bits per heavy atom. The van der Waals surface area contributed by atoms with Crippen LogP contribution in [-0.4, -0.2) is 20.9 Å². The van der Waals surface area contributed by atoms with E-state index in [2.05, 4.69) is 20.3 Å². The molecule has 7 heteroatoms. The molecule has 0 unspecified atom stereocenters. The summed E-state index contributed by atoms with van der Waals surface area (Å²) in [5.41, 5.74) is 3.93. The standard InChI is InChI=1S/C18H18N4OS2/c1-11-12-5-2-3-6-13(12)21-16(20-11)9-19-17(23)14-10-25-18(22-14)15-7-4-8-24-15/h4,7-8,10H,2-3,5-6,9H2,1H3,(H,19,23). The minimum Gasteiger partial charge on any atom is -0.343 e. The highest BCUT2D eigenvalue weighted by Crippen LogP contribution is 2.27. The first kappa shape index (κ1) is 16.4. The fourth-order valence-corrected chi connectivity index (χ4v) is 4.68. The molecule has 128 valence electrons. The smallest absolute Gasteiger partial charge is 0.271 e. The summed E-state index contributed by atoms with van der Waals surface area (Å²) in [6.07, 6.45) is 4.47. The lowest BCUT2D eigenvalue weighted by molar-refractivity contribution is 0.0945. The van der Waals surface area contributed by atoms with Gasteiger partial charge in [-0.15, -0.1) is 22.7 Å². The number of amides is 1. The molecule has 1 aliphatic rings. The van der Waals surface area contributed by atoms with Crippen LogP contribution in [0.5, 0.6) is 0 Å². The van der Waals surface area contributed by atoms with Gasteiger partial charge in [-0.05, 0) is 49.6 Å². The third-order valence-electron chi connectivity index (χ3n) is 4.31. The van der Waals surface area contributed by atoms with Gasteiger partial charge in [0.2, 0.25) is 0 Å². The van der Waals surface area contributed by atoms with E-state index in [0.717, 1.165) is 34.1 Å². The van der Waals surface area contributed by atoms with Crippen LogP contribution in [0.3, 0.4) is 0 Å². The van der Waals surface area contributed by atoms with Crippen molar-refractivity contribution in [2.45, 2.75) is 39.2 Å². The maximum Gasteiger partial charge on any atom is 0.271 e. The van der Waals surface area contributed by atoms with Crippen LogP contribution in [0.1, 0.15) is 46.1 Å². The van der Waals surface area contributed by atoms with Crippen LogP contribution < -0.4 is 5.32 Å². The fraction of sp³-hybridized carbons (Fsp3) is 0.333. The van der Waals surface area contributed by atoms with Gasteiger partial charge in [0, 0.05) is 16.8 Å². The van der Waals surface area contributed by atoms with Crippen molar-refractivity contribution < 1.29 is 4.79 Å². The minimum absolute atomic E-state index is 0.182. The Labute approximate surface area is 154 Å². The molecule has 0 atom stereocenters. The zero-order valence-corrected chi connectivity index (χ0v) is 15.5. The highest BCUT2D eigenvalue weighted by Gasteiger charge is 2.17. The average molecular weight is 371 g/mol. The average Bonchev–Trinajstić information content (AvgIpc) is 3.31. The van der Waals surface area contributed by atoms with Crippen LogP contribution in [0.15, 0.2) is 22.9 Å². The van der Waals surface area contributed by atoms with Gasteiger partial charge in [-0.25, -0.2) is 15.0 Å². The monoisotopic (exact) mass is 370 g/mol. The number of aromatic nitrogens is 3. The normalized spacial score (nSPS) is 13.5. The fourth-order valence-electron chi connectivity index (χ4n) is 3.06. The molecular weight excluding hydrogens is 352 g/mol. The topological polar surface area (TPSA) is 67.8 Å². The zero-order valence-electron chi connectivity index (χ0n) is 13.9. The number of thiophene rings is 1. The number of hydrogen-bond donors (Lipinski definition) is 1. The Bertz CT molecular complexity index is 902. The van der Waals surface area contributed by atoms with E-state index in [1.165, 1.54) is 29.7 Å². The van der Waals surface area contributed by atoms with Crippen molar-refractivity contribution in [3.63, 3.8) is 0 Å². The predicted molar refractivity (Wildman–Crippen MR) is 100 cm³/mol. The summed E-state index contributed by atoms with van der Waals surface area (Å²) in [5.74, 6) is 0.498. The lowest BCUT2D eigenvalue weighted by atomic mass is 9.95. The molecule has 5 nitrogen and oxygen atoms in total. The first-order valence-corrected chi connectivity index (χ1v) is 10.1. The minimum atomic E-state index is -0.182. The van der Waals surface area contributed by atoms with E-state index in [4.69, 9.17) is 0 Å². The van der Waals surface area contributed by atoms with Crippen LogP contribution in [0, 0.1) is 6.92 Å². The number of thiazole rings is 1. The van der Waals surface area contributed by atoms with E-state index in [9.17, 15) is 4.79 Å². The largest absolute Gasteiger partial charge is 0.343 e. The number of aryl methyl sites for hydroxylation is 2.